The Bertz CT molecular complexity index is 458. The highest BCUT2D eigenvalue weighted by Gasteiger charge is 2.61. The van der Waals surface area contributed by atoms with E-state index in [1.54, 1.807) is 0 Å². The van der Waals surface area contributed by atoms with Gasteiger partial charge in [-0.15, -0.1) is 0 Å². The summed E-state index contributed by atoms with van der Waals surface area (Å²) in [5.41, 5.74) is 0.702. The van der Waals surface area contributed by atoms with Crippen molar-refractivity contribution in [1.29, 1.82) is 0 Å². The van der Waals surface area contributed by atoms with Crippen LogP contribution < -0.4 is 0 Å². The van der Waals surface area contributed by atoms with Crippen molar-refractivity contribution in [1.82, 2.24) is 0 Å². The molecule has 3 atom stereocenters. The molecular formula is C20H38NO3+. The minimum Gasteiger partial charge on any atom is -0.461 e. The summed E-state index contributed by atoms with van der Waals surface area (Å²) in [6.45, 7) is 13.8. The second-order valence-corrected chi connectivity index (χ2v) is 9.86. The molecule has 24 heavy (non-hydrogen) atoms. The van der Waals surface area contributed by atoms with E-state index < -0.39 is 0 Å². The third kappa shape index (κ3) is 3.96. The van der Waals surface area contributed by atoms with Gasteiger partial charge in [0.05, 0.1) is 33.4 Å². The molecular weight excluding hydrogens is 302 g/mol. The van der Waals surface area contributed by atoms with Gasteiger partial charge in [0.15, 0.2) is 6.54 Å². The van der Waals surface area contributed by atoms with Gasteiger partial charge in [-0.1, -0.05) is 34.6 Å². The number of likely N-dealkylation sites (N-methyl/N-ethyl adjacent to an activating group) is 1. The number of rotatable bonds is 8. The summed E-state index contributed by atoms with van der Waals surface area (Å²) in [4.78, 5) is 11.9. The van der Waals surface area contributed by atoms with Crippen LogP contribution in [-0.2, 0) is 14.3 Å². The largest absolute Gasteiger partial charge is 0.461 e. The van der Waals surface area contributed by atoms with Gasteiger partial charge in [-0.2, -0.15) is 0 Å². The van der Waals surface area contributed by atoms with Gasteiger partial charge < -0.3 is 14.0 Å². The highest BCUT2D eigenvalue weighted by molar-refractivity contribution is 5.70. The van der Waals surface area contributed by atoms with Crippen molar-refractivity contribution in [3.05, 3.63) is 0 Å². The average molecular weight is 341 g/mol. The van der Waals surface area contributed by atoms with Crippen LogP contribution in [0.5, 0.6) is 0 Å². The summed E-state index contributed by atoms with van der Waals surface area (Å²) in [6.07, 6.45) is 4.22. The van der Waals surface area contributed by atoms with Gasteiger partial charge in [-0.05, 0) is 41.9 Å². The van der Waals surface area contributed by atoms with Crippen LogP contribution >= 0.6 is 0 Å². The molecule has 0 N–H and O–H groups in total. The molecule has 2 bridgehead atoms. The highest BCUT2D eigenvalue weighted by Crippen LogP contribution is 2.66. The van der Waals surface area contributed by atoms with Gasteiger partial charge >= 0.3 is 5.97 Å². The van der Waals surface area contributed by atoms with E-state index in [0.29, 0.717) is 47.1 Å². The lowest BCUT2D eigenvalue weighted by Crippen LogP contribution is -2.47. The zero-order valence-electron chi connectivity index (χ0n) is 16.9. The first kappa shape index (κ1) is 19.7. The number of hydrogen-bond acceptors (Lipinski definition) is 3. The number of carbonyl (C=O) groups excluding carboxylic acids is 1. The number of nitrogens with zero attached hydrogens (tertiary/aromatic N) is 1. The molecule has 0 unspecified atom stereocenters. The third-order valence-corrected chi connectivity index (χ3v) is 6.86. The zero-order valence-corrected chi connectivity index (χ0v) is 16.9. The monoisotopic (exact) mass is 340 g/mol. The van der Waals surface area contributed by atoms with Crippen LogP contribution in [0, 0.1) is 22.7 Å². The van der Waals surface area contributed by atoms with E-state index in [4.69, 9.17) is 9.47 Å². The van der Waals surface area contributed by atoms with E-state index in [-0.39, 0.29) is 5.97 Å². The van der Waals surface area contributed by atoms with Gasteiger partial charge in [-0.25, -0.2) is 4.79 Å². The minimum absolute atomic E-state index is 0.110. The molecule has 0 amide bonds. The number of ether oxygens (including phenoxy) is 2. The van der Waals surface area contributed by atoms with Crippen LogP contribution in [0.3, 0.4) is 0 Å². The Morgan fingerprint density at radius 2 is 1.92 bits per heavy atom. The quantitative estimate of drug-likeness (QED) is 0.501. The first-order valence-electron chi connectivity index (χ1n) is 9.57. The van der Waals surface area contributed by atoms with E-state index in [2.05, 4.69) is 48.7 Å². The first-order chi connectivity index (χ1) is 11.0. The minimum atomic E-state index is -0.110. The fraction of sp³-hybridized carbons (Fsp3) is 0.950. The Morgan fingerprint density at radius 3 is 2.42 bits per heavy atom. The molecule has 2 saturated carbocycles. The summed E-state index contributed by atoms with van der Waals surface area (Å²) in [5.74, 6) is 1.08. The van der Waals surface area contributed by atoms with Gasteiger partial charge in [-0.3, -0.25) is 0 Å². The smallest absolute Gasteiger partial charge is 0.361 e. The second kappa shape index (κ2) is 6.95. The predicted octanol–water partition coefficient (Wildman–Crippen LogP) is 3.49. The maximum absolute atomic E-state index is 11.9. The van der Waals surface area contributed by atoms with Gasteiger partial charge in [0.25, 0.3) is 0 Å². The average Bonchev–Trinajstić information content (AvgIpc) is 2.77. The maximum atomic E-state index is 11.9. The molecule has 4 heteroatoms. The standard InChI is InChI=1S/C20H38NO3/c1-15(2)14-24-18(22)13-21(6,7)10-11-23-17-12-16-8-9-20(17,5)19(16,3)4/h15-17H,8-14H2,1-7H3/q+1/t16-,17-,20-/m0/s1. The Hall–Kier alpha value is -0.610. The van der Waals surface area contributed by atoms with E-state index in [1.165, 1.54) is 19.3 Å². The molecule has 0 aromatic rings. The lowest BCUT2D eigenvalue weighted by molar-refractivity contribution is -0.883. The van der Waals surface area contributed by atoms with Crippen LogP contribution in [0.25, 0.3) is 0 Å². The summed E-state index contributed by atoms with van der Waals surface area (Å²) in [6, 6.07) is 0. The molecule has 0 aromatic heterocycles. The Kier molecular flexibility index (Phi) is 5.71. The molecule has 2 aliphatic carbocycles. The highest BCUT2D eigenvalue weighted by atomic mass is 16.5. The summed E-state index contributed by atoms with van der Waals surface area (Å²) >= 11 is 0. The number of quaternary nitrogens is 1. The van der Waals surface area contributed by atoms with Crippen LogP contribution in [0.15, 0.2) is 0 Å². The maximum Gasteiger partial charge on any atom is 0.361 e. The summed E-state index contributed by atoms with van der Waals surface area (Å²) in [7, 11) is 4.15. The molecule has 0 aromatic carbocycles. The van der Waals surface area contributed by atoms with Crippen molar-refractivity contribution in [2.24, 2.45) is 22.7 Å². The van der Waals surface area contributed by atoms with Crippen LogP contribution in [0.2, 0.25) is 0 Å². The Balaban J connectivity index is 1.76. The van der Waals surface area contributed by atoms with E-state index >= 15 is 0 Å². The zero-order chi connectivity index (χ0) is 18.2. The van der Waals surface area contributed by atoms with Gasteiger partial charge in [0.2, 0.25) is 0 Å². The van der Waals surface area contributed by atoms with Crippen LogP contribution in [0.4, 0.5) is 0 Å². The molecule has 0 heterocycles. The van der Waals surface area contributed by atoms with E-state index in [0.717, 1.165) is 12.5 Å². The van der Waals surface area contributed by atoms with Crippen molar-refractivity contribution in [3.8, 4) is 0 Å². The fourth-order valence-electron chi connectivity index (χ4n) is 4.56. The molecule has 2 aliphatic rings. The van der Waals surface area contributed by atoms with Crippen molar-refractivity contribution < 1.29 is 18.8 Å². The van der Waals surface area contributed by atoms with Crippen molar-refractivity contribution in [2.75, 3.05) is 40.4 Å². The topological polar surface area (TPSA) is 35.5 Å². The second-order valence-electron chi connectivity index (χ2n) is 9.86. The Labute approximate surface area is 148 Å². The number of esters is 1. The lowest BCUT2D eigenvalue weighted by atomic mass is 9.70. The van der Waals surface area contributed by atoms with Crippen molar-refractivity contribution in [2.45, 2.75) is 60.0 Å². The molecule has 0 spiro atoms. The molecule has 2 rings (SSSR count). The normalized spacial score (nSPS) is 31.7. The fourth-order valence-corrected chi connectivity index (χ4v) is 4.56. The number of fused-ring (bicyclic) bond motifs is 2. The van der Waals surface area contributed by atoms with Crippen molar-refractivity contribution in [3.63, 3.8) is 0 Å². The summed E-state index contributed by atoms with van der Waals surface area (Å²) < 4.78 is 12.2. The van der Waals surface area contributed by atoms with Crippen LogP contribution in [-0.4, -0.2) is 57.0 Å². The molecule has 0 radical (unpaired) electrons. The Morgan fingerprint density at radius 1 is 1.25 bits per heavy atom. The predicted molar refractivity (Wildman–Crippen MR) is 96.6 cm³/mol. The molecule has 0 saturated heterocycles. The van der Waals surface area contributed by atoms with E-state index in [9.17, 15) is 4.79 Å². The summed E-state index contributed by atoms with van der Waals surface area (Å²) in [5, 5.41) is 0. The lowest BCUT2D eigenvalue weighted by Gasteiger charge is -2.39. The van der Waals surface area contributed by atoms with Crippen molar-refractivity contribution >= 4 is 5.97 Å². The molecule has 2 fully saturated rings. The number of carbonyl (C=O) groups is 1. The van der Waals surface area contributed by atoms with Gasteiger partial charge in [0.1, 0.15) is 6.54 Å². The van der Waals surface area contributed by atoms with Crippen LogP contribution in [0.1, 0.15) is 53.9 Å². The molecule has 140 valence electrons. The first-order valence-corrected chi connectivity index (χ1v) is 9.57. The van der Waals surface area contributed by atoms with Gasteiger partial charge in [0, 0.05) is 0 Å². The SMILES string of the molecule is CC(C)COC(=O)C[N+](C)(C)CCO[C@H]1C[C@@H]2CC[C@]1(C)C2(C)C. The number of hydrogen-bond donors (Lipinski definition) is 0. The molecule has 0 aliphatic heterocycles. The molecule has 4 nitrogen and oxygen atoms in total. The third-order valence-electron chi connectivity index (χ3n) is 6.86. The van der Waals surface area contributed by atoms with E-state index in [1.807, 2.05) is 0 Å².